The van der Waals surface area contributed by atoms with Crippen LogP contribution in [0.25, 0.3) is 11.5 Å². The fourth-order valence-corrected chi connectivity index (χ4v) is 3.91. The van der Waals surface area contributed by atoms with E-state index >= 15 is 0 Å². The number of nitrogens with one attached hydrogen (secondary N) is 1. The standard InChI is InChI=1S/C17H18N6OS/c1-11-4-5-14(25-11)17(24)23-8-2-3-12(10-23)15-20-16(22-21-15)13-9-18-6-7-19-13/h4-7,9,12H,2-3,8,10H2,1H3,(H,20,21,22). The molecule has 1 aliphatic rings. The quantitative estimate of drug-likeness (QED) is 0.781. The van der Waals surface area contributed by atoms with Crippen LogP contribution < -0.4 is 0 Å². The molecule has 7 nitrogen and oxygen atoms in total. The lowest BCUT2D eigenvalue weighted by Gasteiger charge is -2.31. The molecule has 0 radical (unpaired) electrons. The number of hydrogen-bond donors (Lipinski definition) is 1. The van der Waals surface area contributed by atoms with Crippen molar-refractivity contribution in [3.05, 3.63) is 46.3 Å². The summed E-state index contributed by atoms with van der Waals surface area (Å²) in [4.78, 5) is 29.4. The van der Waals surface area contributed by atoms with Gasteiger partial charge in [-0.2, -0.15) is 5.10 Å². The average Bonchev–Trinajstić information content (AvgIpc) is 3.31. The third kappa shape index (κ3) is 3.30. The third-order valence-electron chi connectivity index (χ3n) is 4.34. The first kappa shape index (κ1) is 15.9. The lowest BCUT2D eigenvalue weighted by Crippen LogP contribution is -2.39. The Morgan fingerprint density at radius 2 is 2.28 bits per heavy atom. The van der Waals surface area contributed by atoms with Crippen molar-refractivity contribution in [3.8, 4) is 11.5 Å². The molecule has 0 spiro atoms. The van der Waals surface area contributed by atoms with E-state index in [1.165, 1.54) is 0 Å². The minimum Gasteiger partial charge on any atom is -0.337 e. The minimum absolute atomic E-state index is 0.108. The van der Waals surface area contributed by atoms with Gasteiger partial charge in [0.2, 0.25) is 5.82 Å². The van der Waals surface area contributed by atoms with E-state index in [9.17, 15) is 4.79 Å². The molecule has 1 atom stereocenters. The maximum atomic E-state index is 12.7. The van der Waals surface area contributed by atoms with E-state index in [0.717, 1.165) is 35.0 Å². The van der Waals surface area contributed by atoms with E-state index in [4.69, 9.17) is 0 Å². The van der Waals surface area contributed by atoms with Gasteiger partial charge in [0.25, 0.3) is 5.91 Å². The van der Waals surface area contributed by atoms with Crippen molar-refractivity contribution in [3.63, 3.8) is 0 Å². The zero-order valence-electron chi connectivity index (χ0n) is 13.8. The highest BCUT2D eigenvalue weighted by Gasteiger charge is 2.28. The number of H-pyrrole nitrogens is 1. The van der Waals surface area contributed by atoms with Gasteiger partial charge in [-0.1, -0.05) is 0 Å². The predicted molar refractivity (Wildman–Crippen MR) is 94.3 cm³/mol. The van der Waals surface area contributed by atoms with Gasteiger partial charge in [0.15, 0.2) is 0 Å². The van der Waals surface area contributed by atoms with Crippen LogP contribution in [0.1, 0.15) is 39.1 Å². The highest BCUT2D eigenvalue weighted by atomic mass is 32.1. The maximum absolute atomic E-state index is 12.7. The fourth-order valence-electron chi connectivity index (χ4n) is 3.08. The monoisotopic (exact) mass is 354 g/mol. The van der Waals surface area contributed by atoms with Crippen molar-refractivity contribution in [2.45, 2.75) is 25.7 Å². The number of piperidine rings is 1. The highest BCUT2D eigenvalue weighted by Crippen LogP contribution is 2.27. The summed E-state index contributed by atoms with van der Waals surface area (Å²) >= 11 is 1.55. The zero-order valence-corrected chi connectivity index (χ0v) is 14.7. The highest BCUT2D eigenvalue weighted by molar-refractivity contribution is 7.13. The Morgan fingerprint density at radius 1 is 1.36 bits per heavy atom. The SMILES string of the molecule is Cc1ccc(C(=O)N2CCCC(c3nc(-c4cnccn4)n[nH]3)C2)s1. The smallest absolute Gasteiger partial charge is 0.263 e. The second-order valence-electron chi connectivity index (χ2n) is 6.14. The van der Waals surface area contributed by atoms with Crippen LogP contribution in [0, 0.1) is 6.92 Å². The summed E-state index contributed by atoms with van der Waals surface area (Å²) in [5, 5.41) is 7.27. The molecule has 0 bridgehead atoms. The van der Waals surface area contributed by atoms with Crippen LogP contribution in [0.2, 0.25) is 0 Å². The van der Waals surface area contributed by atoms with Crippen molar-refractivity contribution in [2.24, 2.45) is 0 Å². The Labute approximate surface area is 149 Å². The number of carbonyl (C=O) groups excluding carboxylic acids is 1. The van der Waals surface area contributed by atoms with Crippen LogP contribution in [0.5, 0.6) is 0 Å². The summed E-state index contributed by atoms with van der Waals surface area (Å²) < 4.78 is 0. The number of amides is 1. The number of likely N-dealkylation sites (tertiary alicyclic amines) is 1. The molecule has 3 aromatic heterocycles. The summed E-state index contributed by atoms with van der Waals surface area (Å²) in [5.41, 5.74) is 0.641. The summed E-state index contributed by atoms with van der Waals surface area (Å²) in [6.07, 6.45) is 6.83. The third-order valence-corrected chi connectivity index (χ3v) is 5.33. The van der Waals surface area contributed by atoms with Crippen molar-refractivity contribution >= 4 is 17.2 Å². The Bertz CT molecular complexity index is 874. The Balaban J connectivity index is 1.50. The maximum Gasteiger partial charge on any atom is 0.263 e. The molecule has 1 aliphatic heterocycles. The molecular formula is C17H18N6OS. The second-order valence-corrected chi connectivity index (χ2v) is 7.42. The molecule has 1 unspecified atom stereocenters. The van der Waals surface area contributed by atoms with Gasteiger partial charge in [-0.3, -0.25) is 14.9 Å². The zero-order chi connectivity index (χ0) is 17.2. The van der Waals surface area contributed by atoms with E-state index in [-0.39, 0.29) is 11.8 Å². The molecule has 4 heterocycles. The molecule has 0 aliphatic carbocycles. The molecule has 0 saturated carbocycles. The molecule has 1 N–H and O–H groups in total. The molecule has 0 aromatic carbocycles. The van der Waals surface area contributed by atoms with Crippen LogP contribution in [0.3, 0.4) is 0 Å². The van der Waals surface area contributed by atoms with Crippen molar-refractivity contribution < 1.29 is 4.79 Å². The predicted octanol–water partition coefficient (Wildman–Crippen LogP) is 2.65. The molecule has 8 heteroatoms. The molecule has 1 fully saturated rings. The number of aromatic amines is 1. The number of rotatable bonds is 3. The summed E-state index contributed by atoms with van der Waals surface area (Å²) in [5.74, 6) is 1.62. The van der Waals surface area contributed by atoms with E-state index < -0.39 is 0 Å². The summed E-state index contributed by atoms with van der Waals surface area (Å²) in [6.45, 7) is 3.46. The fraction of sp³-hybridized carbons (Fsp3) is 0.353. The molecular weight excluding hydrogens is 336 g/mol. The van der Waals surface area contributed by atoms with E-state index in [2.05, 4.69) is 25.1 Å². The number of thiophene rings is 1. The van der Waals surface area contributed by atoms with E-state index in [1.807, 2.05) is 24.0 Å². The largest absolute Gasteiger partial charge is 0.337 e. The number of aromatic nitrogens is 5. The van der Waals surface area contributed by atoms with Crippen molar-refractivity contribution in [2.75, 3.05) is 13.1 Å². The van der Waals surface area contributed by atoms with Crippen LogP contribution in [0.15, 0.2) is 30.7 Å². The first-order valence-electron chi connectivity index (χ1n) is 8.25. The Kier molecular flexibility index (Phi) is 4.27. The number of nitrogens with zero attached hydrogens (tertiary/aromatic N) is 5. The molecule has 25 heavy (non-hydrogen) atoms. The Morgan fingerprint density at radius 3 is 3.04 bits per heavy atom. The van der Waals surface area contributed by atoms with Gasteiger partial charge >= 0.3 is 0 Å². The van der Waals surface area contributed by atoms with Gasteiger partial charge in [-0.15, -0.1) is 11.3 Å². The molecule has 3 aromatic rings. The lowest BCUT2D eigenvalue weighted by atomic mass is 9.97. The Hall–Kier alpha value is -2.61. The van der Waals surface area contributed by atoms with Gasteiger partial charge in [0.1, 0.15) is 11.5 Å². The molecule has 128 valence electrons. The topological polar surface area (TPSA) is 87.7 Å². The normalized spacial score (nSPS) is 17.6. The van der Waals surface area contributed by atoms with E-state index in [0.29, 0.717) is 18.1 Å². The van der Waals surface area contributed by atoms with Crippen LogP contribution in [0.4, 0.5) is 0 Å². The van der Waals surface area contributed by atoms with Crippen LogP contribution in [-0.4, -0.2) is 49.0 Å². The molecule has 1 saturated heterocycles. The van der Waals surface area contributed by atoms with Crippen molar-refractivity contribution in [1.82, 2.24) is 30.0 Å². The number of carbonyl (C=O) groups is 1. The van der Waals surface area contributed by atoms with Crippen molar-refractivity contribution in [1.29, 1.82) is 0 Å². The summed E-state index contributed by atoms with van der Waals surface area (Å²) in [6, 6.07) is 3.90. The molecule has 4 rings (SSSR count). The van der Waals surface area contributed by atoms with Gasteiger partial charge < -0.3 is 4.90 Å². The first-order valence-corrected chi connectivity index (χ1v) is 9.07. The molecule has 1 amide bonds. The first-order chi connectivity index (χ1) is 12.2. The van der Waals surface area contributed by atoms with E-state index in [1.54, 1.807) is 29.9 Å². The van der Waals surface area contributed by atoms with Gasteiger partial charge in [-0.05, 0) is 31.9 Å². The van der Waals surface area contributed by atoms with Crippen LogP contribution in [-0.2, 0) is 0 Å². The van der Waals surface area contributed by atoms with Gasteiger partial charge in [0.05, 0.1) is 11.1 Å². The lowest BCUT2D eigenvalue weighted by molar-refractivity contribution is 0.0709. The minimum atomic E-state index is 0.108. The number of aryl methyl sites for hydroxylation is 1. The average molecular weight is 354 g/mol. The van der Waals surface area contributed by atoms with Gasteiger partial charge in [-0.25, -0.2) is 9.97 Å². The second kappa shape index (κ2) is 6.72. The summed E-state index contributed by atoms with van der Waals surface area (Å²) in [7, 11) is 0. The van der Waals surface area contributed by atoms with Crippen LogP contribution >= 0.6 is 11.3 Å². The van der Waals surface area contributed by atoms with Gasteiger partial charge in [0, 0.05) is 36.3 Å². The number of hydrogen-bond acceptors (Lipinski definition) is 6.